The molecule has 74 heavy (non-hydrogen) atoms. The van der Waals surface area contributed by atoms with Crippen molar-refractivity contribution in [3.63, 3.8) is 0 Å². The van der Waals surface area contributed by atoms with Crippen molar-refractivity contribution < 1.29 is 17.7 Å². The smallest absolute Gasteiger partial charge is 0.138 e. The highest BCUT2D eigenvalue weighted by Crippen LogP contribution is 2.49. The van der Waals surface area contributed by atoms with Crippen molar-refractivity contribution >= 4 is 143 Å². The van der Waals surface area contributed by atoms with Gasteiger partial charge in [0.15, 0.2) is 0 Å². The van der Waals surface area contributed by atoms with Crippen LogP contribution in [0.5, 0.6) is 0 Å². The molecule has 0 N–H and O–H groups in total. The zero-order chi connectivity index (χ0) is 49.3. The fraction of sp³-hybridized carbons (Fsp3) is 0.0882. The number of furan rings is 4. The van der Waals surface area contributed by atoms with Gasteiger partial charge in [0.05, 0.1) is 5.69 Å². The molecule has 4 aromatic heterocycles. The number of fused-ring (bicyclic) bond motifs is 16. The molecule has 15 aromatic rings. The predicted octanol–water partition coefficient (Wildman–Crippen LogP) is 20.8. The van der Waals surface area contributed by atoms with Gasteiger partial charge in [-0.05, 0) is 148 Å². The van der Waals surface area contributed by atoms with Crippen molar-refractivity contribution in [1.82, 2.24) is 0 Å². The van der Waals surface area contributed by atoms with E-state index in [-0.39, 0.29) is 0 Å². The summed E-state index contributed by atoms with van der Waals surface area (Å²) in [6.07, 6.45) is 0. The molecule has 6 nitrogen and oxygen atoms in total. The third-order valence-electron chi connectivity index (χ3n) is 15.4. The lowest BCUT2D eigenvalue weighted by atomic mass is 9.97. The van der Waals surface area contributed by atoms with Crippen LogP contribution in [0.4, 0.5) is 34.1 Å². The van der Waals surface area contributed by atoms with Crippen LogP contribution in [0, 0.1) is 0 Å². The normalized spacial score (nSPS) is 12.3. The highest BCUT2D eigenvalue weighted by atomic mass is 16.3. The van der Waals surface area contributed by atoms with Gasteiger partial charge in [-0.3, -0.25) is 0 Å². The molecule has 0 radical (unpaired) electrons. The monoisotopic (exact) mass is 956 g/mol. The summed E-state index contributed by atoms with van der Waals surface area (Å²) in [5.74, 6) is 0.833. The maximum absolute atomic E-state index is 7.00. The largest absolute Gasteiger partial charge is 0.456 e. The van der Waals surface area contributed by atoms with Gasteiger partial charge < -0.3 is 27.5 Å². The predicted molar refractivity (Wildman–Crippen MR) is 308 cm³/mol. The molecule has 0 saturated heterocycles. The maximum Gasteiger partial charge on any atom is 0.138 e. The molecule has 0 atom stereocenters. The van der Waals surface area contributed by atoms with Crippen LogP contribution in [0.15, 0.2) is 224 Å². The lowest BCUT2D eigenvalue weighted by Crippen LogP contribution is -2.10. The molecule has 0 fully saturated rings. The van der Waals surface area contributed by atoms with Crippen LogP contribution >= 0.6 is 0 Å². The number of para-hydroxylation sites is 2. The Hall–Kier alpha value is -9.26. The average Bonchev–Trinajstić information content (AvgIpc) is 4.25. The Kier molecular flexibility index (Phi) is 9.24. The summed E-state index contributed by atoms with van der Waals surface area (Å²) in [5, 5.41) is 13.0. The molecule has 0 aliphatic heterocycles. The third-order valence-corrected chi connectivity index (χ3v) is 15.4. The molecular weight excluding hydrogens is 909 g/mol. The van der Waals surface area contributed by atoms with Crippen molar-refractivity contribution in [2.75, 3.05) is 9.80 Å². The van der Waals surface area contributed by atoms with E-state index in [1.54, 1.807) is 0 Å². The Morgan fingerprint density at radius 3 is 1.34 bits per heavy atom. The van der Waals surface area contributed by atoms with E-state index < -0.39 is 0 Å². The fourth-order valence-electron chi connectivity index (χ4n) is 11.6. The summed E-state index contributed by atoms with van der Waals surface area (Å²) in [6.45, 7) is 8.94. The zero-order valence-corrected chi connectivity index (χ0v) is 41.3. The van der Waals surface area contributed by atoms with Crippen LogP contribution in [-0.2, 0) is 0 Å². The molecule has 0 aliphatic rings. The SMILES string of the molecule is CC(C)c1ccc(N(c2ccc3cc4c(cc3c2)oc2ccc3oc5cc(N(c6ccc(C(C)C)cc6)c6ccc7oc8ccccc8c7c6)c6ccccc6c5c3c24)c2ccc3oc4ccccc4c3c2)cc1. The van der Waals surface area contributed by atoms with E-state index in [1.807, 2.05) is 24.3 Å². The van der Waals surface area contributed by atoms with Gasteiger partial charge in [-0.1, -0.05) is 119 Å². The fourth-order valence-corrected chi connectivity index (χ4v) is 11.6. The molecule has 0 spiro atoms. The van der Waals surface area contributed by atoms with Gasteiger partial charge in [-0.15, -0.1) is 0 Å². The molecule has 0 unspecified atom stereocenters. The number of hydrogen-bond donors (Lipinski definition) is 0. The quantitative estimate of drug-likeness (QED) is 0.151. The first-order valence-electron chi connectivity index (χ1n) is 25.6. The van der Waals surface area contributed by atoms with Gasteiger partial charge in [-0.25, -0.2) is 0 Å². The highest BCUT2D eigenvalue weighted by Gasteiger charge is 2.25. The van der Waals surface area contributed by atoms with Crippen LogP contribution in [-0.4, -0.2) is 0 Å². The summed E-state index contributed by atoms with van der Waals surface area (Å²) in [7, 11) is 0. The molecule has 6 heteroatoms. The minimum absolute atomic E-state index is 0.407. The second-order valence-electron chi connectivity index (χ2n) is 20.4. The number of rotatable bonds is 8. The van der Waals surface area contributed by atoms with Crippen LogP contribution in [0.3, 0.4) is 0 Å². The van der Waals surface area contributed by atoms with Crippen molar-refractivity contribution in [2.24, 2.45) is 0 Å². The standard InChI is InChI=1S/C68H48N2O4/c1-39(2)41-17-22-45(23-18-41)69(48-27-29-60-54(36-48)51-12-7-9-15-58(51)71-60)47-26-21-43-34-56-64(35-44(43)33-47)73-62-31-32-63-68(67(56)62)66-53-14-6-5-11-50(53)57(38-65(66)74-63)70(46-24-19-42(20-25-46)40(3)4)49-28-30-61-55(37-49)52-13-8-10-16-59(52)72-61/h5-40H,1-4H3. The van der Waals surface area contributed by atoms with Crippen LogP contribution in [0.2, 0.25) is 0 Å². The Morgan fingerprint density at radius 1 is 0.270 bits per heavy atom. The van der Waals surface area contributed by atoms with E-state index in [2.05, 4.69) is 219 Å². The van der Waals surface area contributed by atoms with E-state index in [0.29, 0.717) is 11.8 Å². The first-order valence-corrected chi connectivity index (χ1v) is 25.6. The van der Waals surface area contributed by atoms with E-state index in [0.717, 1.165) is 143 Å². The molecule has 354 valence electrons. The summed E-state index contributed by atoms with van der Waals surface area (Å²) in [4.78, 5) is 4.71. The van der Waals surface area contributed by atoms with Gasteiger partial charge in [0.2, 0.25) is 0 Å². The minimum atomic E-state index is 0.407. The average molecular weight is 957 g/mol. The van der Waals surface area contributed by atoms with Crippen molar-refractivity contribution in [2.45, 2.75) is 39.5 Å². The number of hydrogen-bond acceptors (Lipinski definition) is 6. The van der Waals surface area contributed by atoms with Crippen LogP contribution < -0.4 is 9.80 Å². The van der Waals surface area contributed by atoms with E-state index >= 15 is 0 Å². The Labute approximate surface area is 425 Å². The van der Waals surface area contributed by atoms with Crippen molar-refractivity contribution in [3.8, 4) is 0 Å². The van der Waals surface area contributed by atoms with Crippen molar-refractivity contribution in [3.05, 3.63) is 217 Å². The summed E-state index contributed by atoms with van der Waals surface area (Å²) < 4.78 is 26.5. The van der Waals surface area contributed by atoms with Crippen molar-refractivity contribution in [1.29, 1.82) is 0 Å². The van der Waals surface area contributed by atoms with Gasteiger partial charge in [-0.2, -0.15) is 0 Å². The van der Waals surface area contributed by atoms with E-state index in [1.165, 1.54) is 11.1 Å². The Morgan fingerprint density at radius 2 is 0.716 bits per heavy atom. The third kappa shape index (κ3) is 6.51. The van der Waals surface area contributed by atoms with Crippen LogP contribution in [0.1, 0.15) is 50.7 Å². The molecule has 0 amide bonds. The molecular formula is C68H48N2O4. The van der Waals surface area contributed by atoms with Gasteiger partial charge >= 0.3 is 0 Å². The number of nitrogens with zero attached hydrogens (tertiary/aromatic N) is 2. The number of anilines is 6. The molecule has 11 aromatic carbocycles. The summed E-state index contributed by atoms with van der Waals surface area (Å²) in [5.41, 5.74) is 15.6. The second kappa shape index (κ2) is 16.1. The zero-order valence-electron chi connectivity index (χ0n) is 41.3. The molecule has 0 saturated carbocycles. The lowest BCUT2D eigenvalue weighted by molar-refractivity contribution is 0.663. The minimum Gasteiger partial charge on any atom is -0.456 e. The molecule has 15 rings (SSSR count). The highest BCUT2D eigenvalue weighted by molar-refractivity contribution is 6.32. The second-order valence-corrected chi connectivity index (χ2v) is 20.4. The van der Waals surface area contributed by atoms with Gasteiger partial charge in [0.25, 0.3) is 0 Å². The molecule has 4 heterocycles. The molecule has 0 aliphatic carbocycles. The Bertz CT molecular complexity index is 4740. The first kappa shape index (κ1) is 42.4. The van der Waals surface area contributed by atoms with E-state index in [4.69, 9.17) is 17.7 Å². The molecule has 0 bridgehead atoms. The van der Waals surface area contributed by atoms with Gasteiger partial charge in [0.1, 0.15) is 44.7 Å². The number of benzene rings is 11. The maximum atomic E-state index is 7.00. The van der Waals surface area contributed by atoms with Crippen LogP contribution in [0.25, 0.3) is 109 Å². The topological polar surface area (TPSA) is 59.0 Å². The summed E-state index contributed by atoms with van der Waals surface area (Å²) in [6, 6.07) is 73.8. The Balaban J connectivity index is 0.905. The van der Waals surface area contributed by atoms with E-state index in [9.17, 15) is 0 Å². The van der Waals surface area contributed by atoms with Gasteiger partial charge in [0, 0.05) is 83.0 Å². The summed E-state index contributed by atoms with van der Waals surface area (Å²) >= 11 is 0. The first-order chi connectivity index (χ1) is 36.3. The lowest BCUT2D eigenvalue weighted by Gasteiger charge is -2.27.